The van der Waals surface area contributed by atoms with E-state index in [0.717, 1.165) is 23.9 Å². The fraction of sp³-hybridized carbons (Fsp3) is 0.269. The molecule has 0 aliphatic heterocycles. The van der Waals surface area contributed by atoms with E-state index in [1.165, 1.54) is 6.20 Å². The number of hydrogen-bond donors (Lipinski definition) is 3. The number of H-pyrrole nitrogens is 1. The normalized spacial score (nSPS) is 17.7. The van der Waals surface area contributed by atoms with Gasteiger partial charge in [0.1, 0.15) is 11.6 Å². The first-order valence-corrected chi connectivity index (χ1v) is 11.6. The van der Waals surface area contributed by atoms with Crippen molar-refractivity contribution in [3.05, 3.63) is 66.6 Å². The van der Waals surface area contributed by atoms with Crippen LogP contribution in [-0.4, -0.2) is 38.4 Å². The number of halogens is 1. The first kappa shape index (κ1) is 22.6. The van der Waals surface area contributed by atoms with Crippen molar-refractivity contribution in [1.82, 2.24) is 19.9 Å². The van der Waals surface area contributed by atoms with Crippen molar-refractivity contribution in [3.63, 3.8) is 0 Å². The maximum atomic E-state index is 12.8. The highest BCUT2D eigenvalue weighted by Gasteiger charge is 2.26. The fourth-order valence-corrected chi connectivity index (χ4v) is 4.33. The number of nitrogens with zero attached hydrogens (tertiary/aromatic N) is 3. The van der Waals surface area contributed by atoms with Gasteiger partial charge in [-0.25, -0.2) is 9.97 Å². The molecule has 178 valence electrons. The lowest BCUT2D eigenvalue weighted by atomic mass is 9.82. The molecule has 1 aliphatic carbocycles. The molecule has 8 nitrogen and oxygen atoms in total. The van der Waals surface area contributed by atoms with Gasteiger partial charge in [-0.1, -0.05) is 0 Å². The van der Waals surface area contributed by atoms with Gasteiger partial charge in [-0.15, -0.1) is 0 Å². The molecule has 3 heterocycles. The third kappa shape index (κ3) is 5.18. The number of amides is 2. The molecule has 1 fully saturated rings. The number of aromatic amines is 1. The minimum Gasteiger partial charge on any atom is -0.337 e. The van der Waals surface area contributed by atoms with Crippen LogP contribution in [0.2, 0.25) is 0 Å². The Kier molecular flexibility index (Phi) is 6.47. The second-order valence-corrected chi connectivity index (χ2v) is 8.81. The molecule has 4 aromatic rings. The van der Waals surface area contributed by atoms with Crippen LogP contribution in [-0.2, 0) is 4.79 Å². The highest BCUT2D eigenvalue weighted by Crippen LogP contribution is 2.30. The molecule has 1 aromatic carbocycles. The van der Waals surface area contributed by atoms with E-state index in [9.17, 15) is 14.0 Å². The number of hydrogen-bond acceptors (Lipinski definition) is 5. The predicted molar refractivity (Wildman–Crippen MR) is 132 cm³/mol. The van der Waals surface area contributed by atoms with E-state index in [1.807, 2.05) is 12.1 Å². The number of anilines is 2. The maximum Gasteiger partial charge on any atom is 0.257 e. The van der Waals surface area contributed by atoms with Gasteiger partial charge >= 0.3 is 0 Å². The fourth-order valence-electron chi connectivity index (χ4n) is 4.33. The number of benzene rings is 1. The second kappa shape index (κ2) is 10.0. The SMILES string of the molecule is O=C(Nc1ccc(-c2nc3cc(NC(=O)C4CCC(CF)CC4)ncc3[nH]2)cc1)c1cccnc1. The van der Waals surface area contributed by atoms with Gasteiger partial charge in [0.05, 0.1) is 29.5 Å². The molecule has 3 N–H and O–H groups in total. The van der Waals surface area contributed by atoms with E-state index >= 15 is 0 Å². The maximum absolute atomic E-state index is 12.8. The van der Waals surface area contributed by atoms with E-state index in [4.69, 9.17) is 0 Å². The Bertz CT molecular complexity index is 1330. The summed E-state index contributed by atoms with van der Waals surface area (Å²) in [5, 5.41) is 5.73. The Hall–Kier alpha value is -4.14. The molecule has 1 saturated carbocycles. The Morgan fingerprint density at radius 2 is 1.83 bits per heavy atom. The number of carbonyl (C=O) groups excluding carboxylic acids is 2. The van der Waals surface area contributed by atoms with Gasteiger partial charge in [-0.3, -0.25) is 19.0 Å². The number of carbonyl (C=O) groups is 2. The lowest BCUT2D eigenvalue weighted by Crippen LogP contribution is -2.28. The van der Waals surface area contributed by atoms with Crippen LogP contribution in [0.5, 0.6) is 0 Å². The third-order valence-electron chi connectivity index (χ3n) is 6.39. The zero-order valence-electron chi connectivity index (χ0n) is 19.0. The summed E-state index contributed by atoms with van der Waals surface area (Å²) in [5.41, 5.74) is 3.41. The van der Waals surface area contributed by atoms with Crippen LogP contribution in [0.3, 0.4) is 0 Å². The van der Waals surface area contributed by atoms with E-state index in [-0.39, 0.29) is 30.3 Å². The van der Waals surface area contributed by atoms with Gasteiger partial charge in [0.25, 0.3) is 5.91 Å². The third-order valence-corrected chi connectivity index (χ3v) is 6.39. The van der Waals surface area contributed by atoms with Gasteiger partial charge in [-0.2, -0.15) is 0 Å². The number of fused-ring (bicyclic) bond motifs is 1. The predicted octanol–water partition coefficient (Wildman–Crippen LogP) is 4.99. The number of aromatic nitrogens is 4. The summed E-state index contributed by atoms with van der Waals surface area (Å²) in [5.74, 6) is 0.769. The Morgan fingerprint density at radius 3 is 2.54 bits per heavy atom. The summed E-state index contributed by atoms with van der Waals surface area (Å²) >= 11 is 0. The lowest BCUT2D eigenvalue weighted by molar-refractivity contribution is -0.121. The molecule has 0 spiro atoms. The number of rotatable bonds is 6. The number of pyridine rings is 2. The Morgan fingerprint density at radius 1 is 1.03 bits per heavy atom. The minimum atomic E-state index is -0.309. The van der Waals surface area contributed by atoms with Gasteiger partial charge < -0.3 is 15.6 Å². The van der Waals surface area contributed by atoms with Crippen molar-refractivity contribution >= 4 is 34.4 Å². The van der Waals surface area contributed by atoms with Crippen LogP contribution >= 0.6 is 0 Å². The molecule has 9 heteroatoms. The summed E-state index contributed by atoms with van der Waals surface area (Å²) in [4.78, 5) is 41.1. The second-order valence-electron chi connectivity index (χ2n) is 8.81. The molecule has 5 rings (SSSR count). The van der Waals surface area contributed by atoms with Crippen LogP contribution in [0.4, 0.5) is 15.9 Å². The molecule has 0 bridgehead atoms. The van der Waals surface area contributed by atoms with Gasteiger partial charge in [-0.05, 0) is 68.0 Å². The molecule has 3 aromatic heterocycles. The summed E-state index contributed by atoms with van der Waals surface area (Å²) in [6.07, 6.45) is 7.67. The van der Waals surface area contributed by atoms with Crippen molar-refractivity contribution in [2.24, 2.45) is 11.8 Å². The van der Waals surface area contributed by atoms with E-state index in [2.05, 4.69) is 30.6 Å². The first-order chi connectivity index (χ1) is 17.1. The summed E-state index contributed by atoms with van der Waals surface area (Å²) < 4.78 is 12.8. The molecule has 35 heavy (non-hydrogen) atoms. The molecule has 2 amide bonds. The number of nitrogens with one attached hydrogen (secondary N) is 3. The van der Waals surface area contributed by atoms with Gasteiger partial charge in [0.2, 0.25) is 5.91 Å². The number of imidazole rings is 1. The zero-order valence-corrected chi connectivity index (χ0v) is 19.0. The molecule has 0 radical (unpaired) electrons. The smallest absolute Gasteiger partial charge is 0.257 e. The highest BCUT2D eigenvalue weighted by molar-refractivity contribution is 6.04. The van der Waals surface area contributed by atoms with Crippen molar-refractivity contribution in [2.45, 2.75) is 25.7 Å². The quantitative estimate of drug-likeness (QED) is 0.366. The topological polar surface area (TPSA) is 113 Å². The lowest BCUT2D eigenvalue weighted by Gasteiger charge is -2.25. The van der Waals surface area contributed by atoms with E-state index in [0.29, 0.717) is 41.3 Å². The minimum absolute atomic E-state index is 0.0752. The average Bonchev–Trinajstić information content (AvgIpc) is 3.33. The molecular formula is C26H25FN6O2. The monoisotopic (exact) mass is 472 g/mol. The van der Waals surface area contributed by atoms with Crippen LogP contribution in [0.25, 0.3) is 22.4 Å². The van der Waals surface area contributed by atoms with Gasteiger partial charge in [0.15, 0.2) is 0 Å². The van der Waals surface area contributed by atoms with Crippen molar-refractivity contribution < 1.29 is 14.0 Å². The molecule has 0 unspecified atom stereocenters. The zero-order chi connectivity index (χ0) is 24.2. The van der Waals surface area contributed by atoms with Crippen LogP contribution in [0.1, 0.15) is 36.0 Å². The molecule has 1 aliphatic rings. The Balaban J connectivity index is 1.25. The first-order valence-electron chi connectivity index (χ1n) is 11.6. The highest BCUT2D eigenvalue weighted by atomic mass is 19.1. The Labute approximate surface area is 201 Å². The van der Waals surface area contributed by atoms with Crippen LogP contribution < -0.4 is 10.6 Å². The van der Waals surface area contributed by atoms with Crippen LogP contribution in [0.15, 0.2) is 61.1 Å². The standard InChI is InChI=1S/C26H25FN6O2/c27-13-16-3-5-18(6-4-16)25(34)33-23-12-21-22(15-29-23)32-24(31-21)17-7-9-20(10-8-17)30-26(35)19-2-1-11-28-14-19/h1-2,7-12,14-16,18H,3-6,13H2,(H,30,35)(H,31,32)(H,29,33,34). The average molecular weight is 473 g/mol. The summed E-state index contributed by atoms with van der Waals surface area (Å²) in [6, 6.07) is 12.5. The van der Waals surface area contributed by atoms with E-state index in [1.54, 1.807) is 42.7 Å². The van der Waals surface area contributed by atoms with Crippen molar-refractivity contribution in [3.8, 4) is 11.4 Å². The van der Waals surface area contributed by atoms with Crippen LogP contribution in [0, 0.1) is 11.8 Å². The number of alkyl halides is 1. The van der Waals surface area contributed by atoms with Crippen molar-refractivity contribution in [1.29, 1.82) is 0 Å². The largest absolute Gasteiger partial charge is 0.337 e. The van der Waals surface area contributed by atoms with Crippen molar-refractivity contribution in [2.75, 3.05) is 17.3 Å². The molecular weight excluding hydrogens is 447 g/mol. The van der Waals surface area contributed by atoms with Gasteiger partial charge in [0, 0.05) is 35.6 Å². The van der Waals surface area contributed by atoms with E-state index < -0.39 is 0 Å². The molecule has 0 saturated heterocycles. The summed E-state index contributed by atoms with van der Waals surface area (Å²) in [6.45, 7) is -0.309. The summed E-state index contributed by atoms with van der Waals surface area (Å²) in [7, 11) is 0. The molecule has 0 atom stereocenters.